The summed E-state index contributed by atoms with van der Waals surface area (Å²) < 4.78 is 78.0. The molecule has 0 saturated carbocycles. The maximum absolute atomic E-state index is 13.0. The molecule has 0 radical (unpaired) electrons. The second-order valence-electron chi connectivity index (χ2n) is 6.25. The van der Waals surface area contributed by atoms with Gasteiger partial charge in [-0.1, -0.05) is 29.5 Å². The van der Waals surface area contributed by atoms with Crippen LogP contribution in [-0.4, -0.2) is 28.7 Å². The van der Waals surface area contributed by atoms with Crippen LogP contribution in [0.2, 0.25) is 0 Å². The molecule has 1 N–H and O–H groups in total. The van der Waals surface area contributed by atoms with Gasteiger partial charge in [0.2, 0.25) is 0 Å². The fourth-order valence-corrected chi connectivity index (χ4v) is 2.81. The van der Waals surface area contributed by atoms with E-state index in [9.17, 15) is 26.3 Å². The van der Waals surface area contributed by atoms with Gasteiger partial charge >= 0.3 is 12.4 Å². The molecule has 0 bridgehead atoms. The molecule has 0 atom stereocenters. The van der Waals surface area contributed by atoms with Crippen LogP contribution in [0.1, 0.15) is 27.9 Å². The zero-order chi connectivity index (χ0) is 21.2. The third-order valence-corrected chi connectivity index (χ3v) is 4.12. The Bertz CT molecular complexity index is 984. The topological polar surface area (TPSA) is 53.9 Å². The van der Waals surface area contributed by atoms with Crippen molar-refractivity contribution in [1.29, 1.82) is 0 Å². The summed E-state index contributed by atoms with van der Waals surface area (Å²) in [7, 11) is 1.58. The fraction of sp³-hybridized carbons (Fsp3) is 0.211. The van der Waals surface area contributed by atoms with Gasteiger partial charge in [0.05, 0.1) is 11.1 Å². The van der Waals surface area contributed by atoms with E-state index in [1.807, 2.05) is 0 Å². The van der Waals surface area contributed by atoms with E-state index >= 15 is 0 Å². The second-order valence-corrected chi connectivity index (χ2v) is 6.25. The number of hydrogen-bond acceptors (Lipinski definition) is 3. The lowest BCUT2D eigenvalue weighted by molar-refractivity contribution is -0.143. The van der Waals surface area contributed by atoms with Crippen molar-refractivity contribution in [3.05, 3.63) is 70.4 Å². The van der Waals surface area contributed by atoms with Gasteiger partial charge in [-0.25, -0.2) is 0 Å². The number of nitrogens with zero attached hydrogens (tertiary/aromatic N) is 3. The van der Waals surface area contributed by atoms with Crippen molar-refractivity contribution in [1.82, 2.24) is 15.4 Å². The van der Waals surface area contributed by atoms with Gasteiger partial charge in [-0.05, 0) is 35.7 Å². The smallest absolute Gasteiger partial charge is 0.294 e. The molecule has 10 heteroatoms. The van der Waals surface area contributed by atoms with Gasteiger partial charge in [0, 0.05) is 18.8 Å². The van der Waals surface area contributed by atoms with Crippen LogP contribution in [0, 0.1) is 0 Å². The molecule has 0 aliphatic rings. The van der Waals surface area contributed by atoms with Crippen LogP contribution >= 0.6 is 0 Å². The molecular weight excluding hydrogens is 398 g/mol. The number of nitrogens with one attached hydrogen (secondary N) is 1. The van der Waals surface area contributed by atoms with Crippen LogP contribution in [0.3, 0.4) is 0 Å². The molecule has 152 valence electrons. The third-order valence-electron chi connectivity index (χ3n) is 4.12. The lowest BCUT2D eigenvalue weighted by atomic mass is 9.98. The molecule has 29 heavy (non-hydrogen) atoms. The maximum Gasteiger partial charge on any atom is 0.416 e. The van der Waals surface area contributed by atoms with E-state index in [0.717, 1.165) is 12.1 Å². The molecule has 0 amide bonds. The molecule has 0 aliphatic heterocycles. The van der Waals surface area contributed by atoms with Crippen LogP contribution in [0.5, 0.6) is 0 Å². The first-order valence-electron chi connectivity index (χ1n) is 8.29. The van der Waals surface area contributed by atoms with Crippen molar-refractivity contribution in [2.75, 3.05) is 7.05 Å². The minimum absolute atomic E-state index is 0.0832. The first-order chi connectivity index (χ1) is 13.6. The van der Waals surface area contributed by atoms with Crippen LogP contribution in [0.4, 0.5) is 26.3 Å². The van der Waals surface area contributed by atoms with Gasteiger partial charge in [0.15, 0.2) is 0 Å². The fourth-order valence-electron chi connectivity index (χ4n) is 2.81. The van der Waals surface area contributed by atoms with E-state index in [1.165, 1.54) is 6.21 Å². The standard InChI is InChI=1S/C19H14F6N4/c1-26-10-16-17(28-29-27-16)13-4-2-11(3-5-13)6-12-7-14(18(20,21)22)9-15(8-12)19(23,24)25/h2-5,7-10H,6H2,1H3,(H,27,28,29)/b26-10+. The lowest BCUT2D eigenvalue weighted by Gasteiger charge is -2.14. The van der Waals surface area contributed by atoms with E-state index in [4.69, 9.17) is 0 Å². The Morgan fingerprint density at radius 1 is 0.897 bits per heavy atom. The van der Waals surface area contributed by atoms with Crippen molar-refractivity contribution in [3.8, 4) is 11.3 Å². The molecule has 0 aliphatic carbocycles. The van der Waals surface area contributed by atoms with E-state index < -0.39 is 23.5 Å². The molecule has 1 aromatic heterocycles. The molecule has 2 aromatic carbocycles. The van der Waals surface area contributed by atoms with E-state index in [2.05, 4.69) is 20.4 Å². The minimum atomic E-state index is -4.87. The summed E-state index contributed by atoms with van der Waals surface area (Å²) in [6, 6.07) is 8.15. The summed E-state index contributed by atoms with van der Waals surface area (Å²) in [6.07, 6.45) is -8.30. The summed E-state index contributed by atoms with van der Waals surface area (Å²) in [5.41, 5.74) is -0.406. The number of halogens is 6. The summed E-state index contributed by atoms with van der Waals surface area (Å²) in [5.74, 6) is 0. The first-order valence-corrected chi connectivity index (χ1v) is 8.29. The molecule has 0 fully saturated rings. The zero-order valence-corrected chi connectivity index (χ0v) is 14.9. The minimum Gasteiger partial charge on any atom is -0.294 e. The Kier molecular flexibility index (Phi) is 5.45. The highest BCUT2D eigenvalue weighted by Crippen LogP contribution is 2.36. The molecule has 0 spiro atoms. The van der Waals surface area contributed by atoms with E-state index in [-0.39, 0.29) is 18.1 Å². The Hall–Kier alpha value is -3.17. The van der Waals surface area contributed by atoms with Gasteiger partial charge in [0.1, 0.15) is 11.4 Å². The quantitative estimate of drug-likeness (QED) is 0.476. The highest BCUT2D eigenvalue weighted by atomic mass is 19.4. The van der Waals surface area contributed by atoms with Crippen LogP contribution in [0.25, 0.3) is 11.3 Å². The Labute approximate surface area is 161 Å². The van der Waals surface area contributed by atoms with Crippen molar-refractivity contribution in [2.24, 2.45) is 4.99 Å². The number of rotatable bonds is 4. The maximum atomic E-state index is 13.0. The highest BCUT2D eigenvalue weighted by Gasteiger charge is 2.36. The lowest BCUT2D eigenvalue weighted by Crippen LogP contribution is -2.12. The highest BCUT2D eigenvalue weighted by molar-refractivity contribution is 5.86. The monoisotopic (exact) mass is 412 g/mol. The van der Waals surface area contributed by atoms with Crippen molar-refractivity contribution in [3.63, 3.8) is 0 Å². The first kappa shape index (κ1) is 20.6. The van der Waals surface area contributed by atoms with Gasteiger partial charge in [-0.15, -0.1) is 5.10 Å². The molecule has 3 rings (SSSR count). The zero-order valence-electron chi connectivity index (χ0n) is 14.9. The van der Waals surface area contributed by atoms with Gasteiger partial charge in [0.25, 0.3) is 0 Å². The number of aromatic amines is 1. The van der Waals surface area contributed by atoms with Gasteiger partial charge in [-0.2, -0.15) is 26.3 Å². The third kappa shape index (κ3) is 4.82. The predicted molar refractivity (Wildman–Crippen MR) is 94.6 cm³/mol. The van der Waals surface area contributed by atoms with Crippen molar-refractivity contribution in [2.45, 2.75) is 18.8 Å². The summed E-state index contributed by atoms with van der Waals surface area (Å²) in [6.45, 7) is 0. The normalized spacial score (nSPS) is 12.7. The number of benzene rings is 2. The summed E-state index contributed by atoms with van der Waals surface area (Å²) >= 11 is 0. The number of hydrogen-bond donors (Lipinski definition) is 1. The van der Waals surface area contributed by atoms with Crippen LogP contribution in [-0.2, 0) is 18.8 Å². The van der Waals surface area contributed by atoms with Gasteiger partial charge < -0.3 is 0 Å². The molecule has 3 aromatic rings. The van der Waals surface area contributed by atoms with Gasteiger partial charge in [-0.3, -0.25) is 10.1 Å². The van der Waals surface area contributed by atoms with E-state index in [1.54, 1.807) is 31.3 Å². The molecular formula is C19H14F6N4. The number of aliphatic imine (C=N–C) groups is 1. The average Bonchev–Trinajstić information content (AvgIpc) is 3.09. The van der Waals surface area contributed by atoms with Crippen LogP contribution < -0.4 is 0 Å². The molecule has 1 heterocycles. The Morgan fingerprint density at radius 2 is 1.48 bits per heavy atom. The average molecular weight is 412 g/mol. The summed E-state index contributed by atoms with van der Waals surface area (Å²) in [5, 5.41) is 10.3. The SMILES string of the molecule is C/N=C/c1[nH]nnc1-c1ccc(Cc2cc(C(F)(F)F)cc(C(F)(F)F)c2)cc1. The molecule has 4 nitrogen and oxygen atoms in total. The summed E-state index contributed by atoms with van der Waals surface area (Å²) in [4.78, 5) is 3.87. The number of aromatic nitrogens is 3. The Morgan fingerprint density at radius 3 is 2.00 bits per heavy atom. The molecule has 0 saturated heterocycles. The molecule has 0 unspecified atom stereocenters. The largest absolute Gasteiger partial charge is 0.416 e. The van der Waals surface area contributed by atoms with E-state index in [0.29, 0.717) is 22.5 Å². The number of H-pyrrole nitrogens is 1. The predicted octanol–water partition coefficient (Wildman–Crippen LogP) is 5.15. The van der Waals surface area contributed by atoms with Crippen molar-refractivity contribution < 1.29 is 26.3 Å². The van der Waals surface area contributed by atoms with Crippen LogP contribution in [0.15, 0.2) is 47.5 Å². The Balaban J connectivity index is 1.91. The second kappa shape index (κ2) is 7.69. The van der Waals surface area contributed by atoms with Crippen molar-refractivity contribution >= 4 is 6.21 Å². The number of alkyl halides is 6.